The fourth-order valence-electron chi connectivity index (χ4n) is 5.01. The van der Waals surface area contributed by atoms with E-state index in [-0.39, 0.29) is 17.8 Å². The number of benzene rings is 3. The second kappa shape index (κ2) is 18.0. The lowest BCUT2D eigenvalue weighted by Gasteiger charge is -2.13. The van der Waals surface area contributed by atoms with Crippen LogP contribution in [-0.4, -0.2) is 85.1 Å². The summed E-state index contributed by atoms with van der Waals surface area (Å²) in [6, 6.07) is 16.2. The SMILES string of the molecule is NC=N/C=C1/CN=C(c2c(F)cccc2F)c2cc(Cl)ccc2C1=Nc1ccc(-c2cn(CCNCCOCCOCCC=O)nn2)cc1. The fraction of sp³-hybridized carbons (Fsp3) is 0.257. The maximum Gasteiger partial charge on any atom is 0.135 e. The summed E-state index contributed by atoms with van der Waals surface area (Å²) in [4.78, 5) is 23.9. The molecule has 11 nitrogen and oxygen atoms in total. The number of ether oxygens (including phenoxy) is 2. The molecule has 0 saturated heterocycles. The van der Waals surface area contributed by atoms with Crippen LogP contribution in [0.15, 0.2) is 93.6 Å². The van der Waals surface area contributed by atoms with Crippen LogP contribution in [0.25, 0.3) is 11.3 Å². The monoisotopic (exact) mass is 688 g/mol. The van der Waals surface area contributed by atoms with E-state index in [0.717, 1.165) is 18.2 Å². The zero-order chi connectivity index (χ0) is 34.4. The van der Waals surface area contributed by atoms with Crippen LogP contribution in [-0.2, 0) is 20.8 Å². The van der Waals surface area contributed by atoms with Gasteiger partial charge in [0, 0.05) is 53.0 Å². The van der Waals surface area contributed by atoms with Gasteiger partial charge in [-0.05, 0) is 36.4 Å². The van der Waals surface area contributed by atoms with E-state index < -0.39 is 11.6 Å². The first-order chi connectivity index (χ1) is 24.0. The van der Waals surface area contributed by atoms with Gasteiger partial charge in [0.05, 0.1) is 74.7 Å². The van der Waals surface area contributed by atoms with Gasteiger partial charge in [-0.15, -0.1) is 5.10 Å². The Morgan fingerprint density at radius 2 is 1.76 bits per heavy atom. The van der Waals surface area contributed by atoms with Crippen molar-refractivity contribution in [3.05, 3.63) is 112 Å². The molecule has 0 fully saturated rings. The minimum Gasteiger partial charge on any atom is -0.390 e. The molecule has 2 heterocycles. The van der Waals surface area contributed by atoms with E-state index in [2.05, 4.69) is 25.6 Å². The lowest BCUT2D eigenvalue weighted by atomic mass is 9.93. The maximum absolute atomic E-state index is 15.0. The van der Waals surface area contributed by atoms with Crippen LogP contribution in [0.3, 0.4) is 0 Å². The number of nitrogens with two attached hydrogens (primary N) is 1. The van der Waals surface area contributed by atoms with Crippen LogP contribution < -0.4 is 11.1 Å². The average Bonchev–Trinajstić information content (AvgIpc) is 3.53. The summed E-state index contributed by atoms with van der Waals surface area (Å²) in [7, 11) is 0. The third-order valence-electron chi connectivity index (χ3n) is 7.36. The van der Waals surface area contributed by atoms with Crippen molar-refractivity contribution in [2.24, 2.45) is 20.7 Å². The molecule has 1 aliphatic rings. The number of aldehydes is 1. The predicted octanol–water partition coefficient (Wildman–Crippen LogP) is 4.93. The van der Waals surface area contributed by atoms with E-state index in [1.54, 1.807) is 22.9 Å². The maximum atomic E-state index is 15.0. The van der Waals surface area contributed by atoms with Crippen molar-refractivity contribution >= 4 is 41.3 Å². The first-order valence-electron chi connectivity index (χ1n) is 15.6. The lowest BCUT2D eigenvalue weighted by Crippen LogP contribution is -2.24. The Morgan fingerprint density at radius 3 is 2.51 bits per heavy atom. The standard InChI is InChI=1S/C35H35ClF2N8O3/c36-26-7-10-28-29(19-26)35(33-30(37)3-1-4-31(33)38)42-21-25(20-41-23-39)34(28)43-27-8-5-24(6-9-27)32-22-46(45-44-32)13-11-40-12-16-49-18-17-48-15-2-14-47/h1,3-10,14,19-20,22-23,40H,2,11-13,15-18,21H2,(H2,39,41)/b25-20-,43-34?. The smallest absolute Gasteiger partial charge is 0.135 e. The second-order valence-electron chi connectivity index (χ2n) is 10.7. The van der Waals surface area contributed by atoms with Crippen LogP contribution in [0.1, 0.15) is 23.1 Å². The van der Waals surface area contributed by atoms with Crippen molar-refractivity contribution in [1.82, 2.24) is 20.3 Å². The van der Waals surface area contributed by atoms with Gasteiger partial charge in [0.25, 0.3) is 0 Å². The molecule has 4 aromatic rings. The number of hydrogen-bond acceptors (Lipinski definition) is 9. The Labute approximate surface area is 287 Å². The molecular formula is C35H35ClF2N8O3. The van der Waals surface area contributed by atoms with Crippen molar-refractivity contribution < 1.29 is 23.0 Å². The fourth-order valence-corrected chi connectivity index (χ4v) is 5.19. The van der Waals surface area contributed by atoms with Crippen LogP contribution in [0, 0.1) is 11.6 Å². The molecule has 0 radical (unpaired) electrons. The number of aliphatic imine (C=N–C) groups is 3. The average molecular weight is 689 g/mol. The number of halogens is 3. The molecule has 0 saturated carbocycles. The summed E-state index contributed by atoms with van der Waals surface area (Å²) >= 11 is 6.37. The molecule has 3 N–H and O–H groups in total. The van der Waals surface area contributed by atoms with Gasteiger partial charge in [-0.25, -0.2) is 18.8 Å². The highest BCUT2D eigenvalue weighted by atomic mass is 35.5. The lowest BCUT2D eigenvalue weighted by molar-refractivity contribution is -0.108. The molecule has 0 bridgehead atoms. The van der Waals surface area contributed by atoms with Crippen LogP contribution >= 0.6 is 11.6 Å². The van der Waals surface area contributed by atoms with Gasteiger partial charge in [0.15, 0.2) is 0 Å². The highest BCUT2D eigenvalue weighted by molar-refractivity contribution is 6.32. The molecule has 3 aromatic carbocycles. The third kappa shape index (κ3) is 9.57. The van der Waals surface area contributed by atoms with Gasteiger partial charge in [-0.2, -0.15) is 0 Å². The second-order valence-corrected chi connectivity index (χ2v) is 11.1. The minimum atomic E-state index is -0.740. The largest absolute Gasteiger partial charge is 0.390 e. The van der Waals surface area contributed by atoms with E-state index >= 15 is 0 Å². The number of fused-ring (bicyclic) bond motifs is 1. The van der Waals surface area contributed by atoms with E-state index in [4.69, 9.17) is 31.8 Å². The summed E-state index contributed by atoms with van der Waals surface area (Å²) in [5, 5.41) is 12.2. The molecular weight excluding hydrogens is 654 g/mol. The molecule has 1 aromatic heterocycles. The molecule has 0 aliphatic carbocycles. The molecule has 0 amide bonds. The normalized spacial score (nSPS) is 14.7. The molecule has 0 atom stereocenters. The Balaban J connectivity index is 1.29. The number of aromatic nitrogens is 3. The van der Waals surface area contributed by atoms with Gasteiger partial charge in [-0.3, -0.25) is 9.67 Å². The quantitative estimate of drug-likeness (QED) is 0.0736. The molecule has 0 unspecified atom stereocenters. The zero-order valence-electron chi connectivity index (χ0n) is 26.6. The number of carbonyl (C=O) groups excluding carboxylic acids is 1. The first kappa shape index (κ1) is 35.4. The van der Waals surface area contributed by atoms with E-state index in [1.807, 2.05) is 30.5 Å². The number of carbonyl (C=O) groups is 1. The number of nitrogens with zero attached hydrogens (tertiary/aromatic N) is 6. The Morgan fingerprint density at radius 1 is 0.980 bits per heavy atom. The van der Waals surface area contributed by atoms with Gasteiger partial charge >= 0.3 is 0 Å². The summed E-state index contributed by atoms with van der Waals surface area (Å²) < 4.78 is 42.5. The first-order valence-corrected chi connectivity index (χ1v) is 16.0. The van der Waals surface area contributed by atoms with Crippen molar-refractivity contribution in [1.29, 1.82) is 0 Å². The van der Waals surface area contributed by atoms with Crippen molar-refractivity contribution in [2.45, 2.75) is 13.0 Å². The van der Waals surface area contributed by atoms with E-state index in [1.165, 1.54) is 24.4 Å². The highest BCUT2D eigenvalue weighted by Crippen LogP contribution is 2.30. The summed E-state index contributed by atoms with van der Waals surface area (Å²) in [5.41, 5.74) is 9.69. The molecule has 14 heteroatoms. The van der Waals surface area contributed by atoms with E-state index in [0.29, 0.717) is 91.3 Å². The number of hydrogen-bond donors (Lipinski definition) is 2. The summed E-state index contributed by atoms with van der Waals surface area (Å²) in [6.45, 7) is 3.93. The topological polar surface area (TPSA) is 141 Å². The van der Waals surface area contributed by atoms with E-state index in [9.17, 15) is 13.6 Å². The Bertz CT molecular complexity index is 1840. The number of rotatable bonds is 16. The van der Waals surface area contributed by atoms with Crippen LogP contribution in [0.4, 0.5) is 14.5 Å². The molecule has 49 heavy (non-hydrogen) atoms. The van der Waals surface area contributed by atoms with Gasteiger partial charge < -0.3 is 25.3 Å². The highest BCUT2D eigenvalue weighted by Gasteiger charge is 2.26. The Hall–Kier alpha value is -4.95. The third-order valence-corrected chi connectivity index (χ3v) is 7.59. The van der Waals surface area contributed by atoms with Gasteiger partial charge in [0.1, 0.15) is 23.6 Å². The zero-order valence-corrected chi connectivity index (χ0v) is 27.3. The van der Waals surface area contributed by atoms with Gasteiger partial charge in [-0.1, -0.05) is 41.1 Å². The van der Waals surface area contributed by atoms with Crippen molar-refractivity contribution in [2.75, 3.05) is 46.1 Å². The molecule has 254 valence electrons. The molecule has 0 spiro atoms. The van der Waals surface area contributed by atoms with Crippen LogP contribution in [0.2, 0.25) is 5.02 Å². The summed E-state index contributed by atoms with van der Waals surface area (Å²) in [5.74, 6) is -1.48. The Kier molecular flexibility index (Phi) is 13.0. The minimum absolute atomic E-state index is 0.0348. The van der Waals surface area contributed by atoms with Crippen molar-refractivity contribution in [3.8, 4) is 11.3 Å². The number of nitrogens with one attached hydrogen (secondary N) is 1. The van der Waals surface area contributed by atoms with Gasteiger partial charge in [0.2, 0.25) is 0 Å². The van der Waals surface area contributed by atoms with Crippen LogP contribution in [0.5, 0.6) is 0 Å². The van der Waals surface area contributed by atoms with Crippen molar-refractivity contribution in [3.63, 3.8) is 0 Å². The predicted molar refractivity (Wildman–Crippen MR) is 186 cm³/mol. The summed E-state index contributed by atoms with van der Waals surface area (Å²) in [6.07, 6.45) is 5.77. The molecule has 5 rings (SSSR count). The molecule has 1 aliphatic heterocycles.